The van der Waals surface area contributed by atoms with Gasteiger partial charge in [0.2, 0.25) is 11.1 Å². The number of benzene rings is 2. The number of carbonyl (C=O) groups excluding carboxylic acids is 1. The molecule has 2 heterocycles. The summed E-state index contributed by atoms with van der Waals surface area (Å²) in [5, 5.41) is 32.5. The second-order valence-electron chi connectivity index (χ2n) is 7.49. The lowest BCUT2D eigenvalue weighted by atomic mass is 9.94. The lowest BCUT2D eigenvalue weighted by molar-refractivity contribution is -0.385. The molecule has 0 saturated carbocycles. The number of hydrogen-bond acceptors (Lipinski definition) is 8. The number of nitrogens with zero attached hydrogens (tertiary/aromatic N) is 4. The number of nitro groups is 1. The third-order valence-corrected chi connectivity index (χ3v) is 5.86. The molecule has 1 atom stereocenters. The number of thioether (sulfide) groups is 1. The molecular formula is C22H22N6O4S. The van der Waals surface area contributed by atoms with Crippen molar-refractivity contribution in [3.63, 3.8) is 0 Å². The minimum atomic E-state index is -0.788. The van der Waals surface area contributed by atoms with Gasteiger partial charge in [-0.3, -0.25) is 14.9 Å². The highest BCUT2D eigenvalue weighted by Gasteiger charge is 2.35. The van der Waals surface area contributed by atoms with E-state index in [1.165, 1.54) is 23.9 Å². The first-order valence-corrected chi connectivity index (χ1v) is 11.2. The first-order chi connectivity index (χ1) is 15.8. The molecule has 1 aromatic heterocycles. The van der Waals surface area contributed by atoms with Gasteiger partial charge in [-0.25, -0.2) is 4.68 Å². The van der Waals surface area contributed by atoms with E-state index in [1.54, 1.807) is 23.7 Å². The van der Waals surface area contributed by atoms with Crippen LogP contribution in [0.15, 0.2) is 58.9 Å². The van der Waals surface area contributed by atoms with Gasteiger partial charge in [0.1, 0.15) is 6.04 Å². The maximum Gasteiger partial charge on any atom is 0.311 e. The Morgan fingerprint density at radius 2 is 2.09 bits per heavy atom. The van der Waals surface area contributed by atoms with E-state index < -0.39 is 22.4 Å². The van der Waals surface area contributed by atoms with Crippen molar-refractivity contribution in [1.29, 1.82) is 0 Å². The molecule has 0 fully saturated rings. The molecule has 3 N–H and O–H groups in total. The van der Waals surface area contributed by atoms with E-state index >= 15 is 0 Å². The standard InChI is InChI=1S/C22H22N6O4S/c1-4-33-22-25-21-23-13(3)18(20(30)24-15-7-5-6-12(2)10-15)19(27(21)26-22)14-8-9-17(29)16(11-14)28(31)32/h5-11,19,29H,4H2,1-3H3,(H,24,30)(H,23,25,26). The number of rotatable bonds is 6. The first-order valence-electron chi connectivity index (χ1n) is 10.2. The summed E-state index contributed by atoms with van der Waals surface area (Å²) in [5.74, 6) is 0.352. The van der Waals surface area contributed by atoms with Crippen LogP contribution >= 0.6 is 11.8 Å². The van der Waals surface area contributed by atoms with Crippen LogP contribution in [-0.2, 0) is 4.79 Å². The molecule has 0 saturated heterocycles. The predicted molar refractivity (Wildman–Crippen MR) is 125 cm³/mol. The Morgan fingerprint density at radius 3 is 2.79 bits per heavy atom. The largest absolute Gasteiger partial charge is 0.502 e. The zero-order valence-corrected chi connectivity index (χ0v) is 19.0. The third-order valence-electron chi connectivity index (χ3n) is 5.14. The van der Waals surface area contributed by atoms with Gasteiger partial charge in [0.05, 0.1) is 10.5 Å². The number of fused-ring (bicyclic) bond motifs is 1. The van der Waals surface area contributed by atoms with E-state index in [0.717, 1.165) is 11.3 Å². The second kappa shape index (κ2) is 8.94. The molecule has 4 rings (SSSR count). The first kappa shape index (κ1) is 22.3. The van der Waals surface area contributed by atoms with Crippen molar-refractivity contribution in [2.45, 2.75) is 32.0 Å². The van der Waals surface area contributed by atoms with Crippen molar-refractivity contribution < 1.29 is 14.8 Å². The predicted octanol–water partition coefficient (Wildman–Crippen LogP) is 4.24. The summed E-state index contributed by atoms with van der Waals surface area (Å²) in [4.78, 5) is 28.7. The summed E-state index contributed by atoms with van der Waals surface area (Å²) >= 11 is 1.44. The van der Waals surface area contributed by atoms with Gasteiger partial charge in [-0.1, -0.05) is 36.9 Å². The highest BCUT2D eigenvalue weighted by molar-refractivity contribution is 7.99. The molecule has 11 heteroatoms. The smallest absolute Gasteiger partial charge is 0.311 e. The van der Waals surface area contributed by atoms with Gasteiger partial charge < -0.3 is 15.7 Å². The number of anilines is 2. The molecular weight excluding hydrogens is 444 g/mol. The van der Waals surface area contributed by atoms with Crippen molar-refractivity contribution in [1.82, 2.24) is 14.8 Å². The number of carbonyl (C=O) groups is 1. The normalized spacial score (nSPS) is 15.1. The van der Waals surface area contributed by atoms with Gasteiger partial charge in [-0.2, -0.15) is 4.98 Å². The average molecular weight is 467 g/mol. The Kier molecular flexibility index (Phi) is 6.05. The minimum Gasteiger partial charge on any atom is -0.502 e. The number of phenols is 1. The molecule has 0 spiro atoms. The van der Waals surface area contributed by atoms with Gasteiger partial charge >= 0.3 is 5.69 Å². The Morgan fingerprint density at radius 1 is 1.30 bits per heavy atom. The lowest BCUT2D eigenvalue weighted by Crippen LogP contribution is -2.31. The van der Waals surface area contributed by atoms with Crippen molar-refractivity contribution in [3.05, 3.63) is 75.0 Å². The van der Waals surface area contributed by atoms with Gasteiger partial charge in [-0.05, 0) is 48.9 Å². The SMILES string of the molecule is CCSc1nc2n(n1)C(c1ccc(O)c([N+](=O)[O-])c1)C(C(=O)Nc1cccc(C)c1)=C(C)N2. The van der Waals surface area contributed by atoms with Crippen LogP contribution in [0.3, 0.4) is 0 Å². The molecule has 1 unspecified atom stereocenters. The minimum absolute atomic E-state index is 0.335. The third kappa shape index (κ3) is 4.40. The van der Waals surface area contributed by atoms with Crippen LogP contribution in [0.25, 0.3) is 0 Å². The van der Waals surface area contributed by atoms with Crippen LogP contribution in [0.1, 0.15) is 31.0 Å². The van der Waals surface area contributed by atoms with Crippen LogP contribution in [0.2, 0.25) is 0 Å². The molecule has 1 amide bonds. The summed E-state index contributed by atoms with van der Waals surface area (Å²) < 4.78 is 1.55. The number of aryl methyl sites for hydroxylation is 1. The maximum atomic E-state index is 13.4. The number of nitro benzene ring substituents is 1. The lowest BCUT2D eigenvalue weighted by Gasteiger charge is -2.28. The Labute approximate surface area is 193 Å². The molecule has 0 bridgehead atoms. The Bertz CT molecular complexity index is 1290. The quantitative estimate of drug-likeness (QED) is 0.279. The average Bonchev–Trinajstić information content (AvgIpc) is 3.15. The maximum absolute atomic E-state index is 13.4. The van der Waals surface area contributed by atoms with E-state index in [2.05, 4.69) is 20.7 Å². The van der Waals surface area contributed by atoms with Gasteiger partial charge in [-0.15, -0.1) is 5.10 Å². The molecule has 0 radical (unpaired) electrons. The number of nitrogens with one attached hydrogen (secondary N) is 2. The summed E-state index contributed by atoms with van der Waals surface area (Å²) in [7, 11) is 0. The molecule has 10 nitrogen and oxygen atoms in total. The molecule has 0 aliphatic carbocycles. The van der Waals surface area contributed by atoms with Crippen molar-refractivity contribution in [2.75, 3.05) is 16.4 Å². The molecule has 1 aliphatic rings. The van der Waals surface area contributed by atoms with E-state index in [1.807, 2.05) is 32.0 Å². The van der Waals surface area contributed by atoms with E-state index in [4.69, 9.17) is 0 Å². The Balaban J connectivity index is 1.83. The van der Waals surface area contributed by atoms with Crippen molar-refractivity contribution in [3.8, 4) is 5.75 Å². The van der Waals surface area contributed by atoms with Gasteiger partial charge in [0, 0.05) is 17.5 Å². The monoisotopic (exact) mass is 466 g/mol. The van der Waals surface area contributed by atoms with E-state index in [-0.39, 0.29) is 5.91 Å². The number of phenolic OH excluding ortho intramolecular Hbond substituents is 1. The number of amides is 1. The molecule has 1 aliphatic heterocycles. The summed E-state index contributed by atoms with van der Waals surface area (Å²) in [5.41, 5.74) is 2.48. The number of allylic oxidation sites excluding steroid dienone is 1. The fourth-order valence-electron chi connectivity index (χ4n) is 3.70. The van der Waals surface area contributed by atoms with Gasteiger partial charge in [0.15, 0.2) is 5.75 Å². The summed E-state index contributed by atoms with van der Waals surface area (Å²) in [6.45, 7) is 5.65. The Hall–Kier alpha value is -3.86. The zero-order chi connectivity index (χ0) is 23.7. The van der Waals surface area contributed by atoms with E-state index in [9.17, 15) is 20.0 Å². The molecule has 2 aromatic carbocycles. The fourth-order valence-corrected chi connectivity index (χ4v) is 4.26. The summed E-state index contributed by atoms with van der Waals surface area (Å²) in [6, 6.07) is 10.7. The fraction of sp³-hybridized carbons (Fsp3) is 0.227. The van der Waals surface area contributed by atoms with Crippen LogP contribution in [0.5, 0.6) is 5.75 Å². The molecule has 3 aromatic rings. The zero-order valence-electron chi connectivity index (χ0n) is 18.2. The molecule has 170 valence electrons. The van der Waals surface area contributed by atoms with Crippen molar-refractivity contribution >= 4 is 35.0 Å². The van der Waals surface area contributed by atoms with Crippen LogP contribution in [0, 0.1) is 17.0 Å². The van der Waals surface area contributed by atoms with E-state index in [0.29, 0.717) is 33.6 Å². The van der Waals surface area contributed by atoms with Gasteiger partial charge in [0.25, 0.3) is 5.91 Å². The second-order valence-corrected chi connectivity index (χ2v) is 8.72. The summed E-state index contributed by atoms with van der Waals surface area (Å²) in [6.07, 6.45) is 0. The number of aromatic hydroxyl groups is 1. The van der Waals surface area contributed by atoms with Crippen molar-refractivity contribution in [2.24, 2.45) is 0 Å². The van der Waals surface area contributed by atoms with Crippen LogP contribution in [0.4, 0.5) is 17.3 Å². The van der Waals surface area contributed by atoms with Crippen LogP contribution in [-0.4, -0.2) is 36.5 Å². The number of hydrogen-bond donors (Lipinski definition) is 3. The van der Waals surface area contributed by atoms with Crippen LogP contribution < -0.4 is 10.6 Å². The molecule has 33 heavy (non-hydrogen) atoms. The highest BCUT2D eigenvalue weighted by atomic mass is 32.2. The number of aromatic nitrogens is 3. The highest BCUT2D eigenvalue weighted by Crippen LogP contribution is 2.39. The topological polar surface area (TPSA) is 135 Å².